The van der Waals surface area contributed by atoms with Crippen LogP contribution in [0.4, 0.5) is 4.39 Å². The fourth-order valence-electron chi connectivity index (χ4n) is 1.18. The van der Waals surface area contributed by atoms with Crippen molar-refractivity contribution in [3.05, 3.63) is 36.0 Å². The number of benzene rings is 1. The molecule has 0 aliphatic heterocycles. The van der Waals surface area contributed by atoms with Crippen LogP contribution < -0.4 is 0 Å². The average Bonchev–Trinajstić information content (AvgIpc) is 2.46. The molecule has 0 spiro atoms. The van der Waals surface area contributed by atoms with Crippen molar-refractivity contribution in [1.82, 2.24) is 4.98 Å². The van der Waals surface area contributed by atoms with Crippen molar-refractivity contribution in [3.8, 4) is 0 Å². The Kier molecular flexibility index (Phi) is 1.43. The maximum Gasteiger partial charge on any atom is 0.348 e. The van der Waals surface area contributed by atoms with Gasteiger partial charge in [0.05, 0.1) is 0 Å². The van der Waals surface area contributed by atoms with Crippen molar-refractivity contribution in [3.63, 3.8) is 0 Å². The van der Waals surface area contributed by atoms with Crippen LogP contribution in [0.5, 0.6) is 0 Å². The van der Waals surface area contributed by atoms with E-state index >= 15 is 0 Å². The molecule has 2 rings (SSSR count). The normalized spacial score (nSPS) is 10.4. The van der Waals surface area contributed by atoms with E-state index in [-0.39, 0.29) is 5.69 Å². The van der Waals surface area contributed by atoms with Crippen LogP contribution in [-0.4, -0.2) is 11.0 Å². The van der Waals surface area contributed by atoms with E-state index in [0.29, 0.717) is 0 Å². The van der Waals surface area contributed by atoms with Gasteiger partial charge in [0, 0.05) is 10.9 Å². The monoisotopic (exact) mass is 163 g/mol. The molecule has 12 heavy (non-hydrogen) atoms. The Hall–Kier alpha value is -1.64. The molecule has 1 heterocycles. The van der Waals surface area contributed by atoms with Crippen LogP contribution in [0.1, 0.15) is 10.5 Å². The minimum Gasteiger partial charge on any atom is -0.350 e. The summed E-state index contributed by atoms with van der Waals surface area (Å²) >= 11 is 0. The highest BCUT2D eigenvalue weighted by Gasteiger charge is 2.06. The SMILES string of the molecule is O=C(F)c1cc2ccccc2[nH]1. The fraction of sp³-hybridized carbons (Fsp3) is 0. The number of hydrogen-bond acceptors (Lipinski definition) is 1. The summed E-state index contributed by atoms with van der Waals surface area (Å²) in [5, 5.41) is 0.846. The molecule has 3 heteroatoms. The first-order chi connectivity index (χ1) is 5.77. The van der Waals surface area contributed by atoms with Gasteiger partial charge < -0.3 is 4.98 Å². The number of rotatable bonds is 1. The molecule has 0 radical (unpaired) electrons. The highest BCUT2D eigenvalue weighted by Crippen LogP contribution is 2.14. The van der Waals surface area contributed by atoms with Crippen molar-refractivity contribution in [1.29, 1.82) is 0 Å². The van der Waals surface area contributed by atoms with Crippen LogP contribution in [0.15, 0.2) is 30.3 Å². The molecule has 0 aliphatic rings. The van der Waals surface area contributed by atoms with Gasteiger partial charge in [-0.3, -0.25) is 4.79 Å². The molecule has 0 bridgehead atoms. The molecule has 1 aromatic heterocycles. The number of para-hydroxylation sites is 1. The van der Waals surface area contributed by atoms with E-state index in [0.717, 1.165) is 10.9 Å². The van der Waals surface area contributed by atoms with Crippen LogP contribution in [0, 0.1) is 0 Å². The standard InChI is InChI=1S/C9H6FNO/c10-9(12)8-5-6-3-1-2-4-7(6)11-8/h1-5,11H. The highest BCUT2D eigenvalue weighted by molar-refractivity contribution is 5.94. The van der Waals surface area contributed by atoms with Gasteiger partial charge in [-0.1, -0.05) is 18.2 Å². The first-order valence-electron chi connectivity index (χ1n) is 3.55. The van der Waals surface area contributed by atoms with Gasteiger partial charge in [0.15, 0.2) is 0 Å². The number of aromatic nitrogens is 1. The lowest BCUT2D eigenvalue weighted by molar-refractivity contribution is 0.0831. The maximum absolute atomic E-state index is 12.2. The Balaban J connectivity index is 2.70. The third-order valence-electron chi connectivity index (χ3n) is 1.74. The zero-order chi connectivity index (χ0) is 8.55. The van der Waals surface area contributed by atoms with E-state index in [2.05, 4.69) is 4.98 Å². The van der Waals surface area contributed by atoms with Crippen LogP contribution in [0.3, 0.4) is 0 Å². The van der Waals surface area contributed by atoms with Gasteiger partial charge in [-0.25, -0.2) is 0 Å². The summed E-state index contributed by atoms with van der Waals surface area (Å²) in [4.78, 5) is 13.0. The lowest BCUT2D eigenvalue weighted by Crippen LogP contribution is -1.87. The molecular weight excluding hydrogens is 157 g/mol. The predicted molar refractivity (Wildman–Crippen MR) is 43.7 cm³/mol. The molecule has 0 amide bonds. The van der Waals surface area contributed by atoms with Gasteiger partial charge in [-0.2, -0.15) is 4.39 Å². The fourth-order valence-corrected chi connectivity index (χ4v) is 1.18. The van der Waals surface area contributed by atoms with Gasteiger partial charge in [0.1, 0.15) is 5.69 Å². The van der Waals surface area contributed by atoms with Crippen molar-refractivity contribution in [2.45, 2.75) is 0 Å². The van der Waals surface area contributed by atoms with E-state index in [1.165, 1.54) is 6.07 Å². The number of nitrogens with one attached hydrogen (secondary N) is 1. The Bertz CT molecular complexity index is 400. The molecule has 0 atom stereocenters. The van der Waals surface area contributed by atoms with Crippen LogP contribution in [0.2, 0.25) is 0 Å². The Morgan fingerprint density at radius 1 is 1.33 bits per heavy atom. The summed E-state index contributed by atoms with van der Waals surface area (Å²) in [5.74, 6) is 0. The Labute approximate surface area is 68.0 Å². The van der Waals surface area contributed by atoms with E-state index in [1.807, 2.05) is 18.2 Å². The number of carbonyl (C=O) groups excluding carboxylic acids is 1. The molecule has 2 aromatic rings. The second-order valence-corrected chi connectivity index (χ2v) is 2.54. The molecule has 0 fully saturated rings. The van der Waals surface area contributed by atoms with Gasteiger partial charge in [0.25, 0.3) is 0 Å². The van der Waals surface area contributed by atoms with E-state index in [1.54, 1.807) is 6.07 Å². The van der Waals surface area contributed by atoms with Gasteiger partial charge in [-0.15, -0.1) is 0 Å². The Morgan fingerprint density at radius 3 is 2.75 bits per heavy atom. The molecule has 1 N–H and O–H groups in total. The number of H-pyrrole nitrogens is 1. The Morgan fingerprint density at radius 2 is 2.08 bits per heavy atom. The zero-order valence-corrected chi connectivity index (χ0v) is 6.17. The molecule has 0 saturated carbocycles. The molecule has 1 aromatic carbocycles. The van der Waals surface area contributed by atoms with Crippen molar-refractivity contribution in [2.75, 3.05) is 0 Å². The largest absolute Gasteiger partial charge is 0.350 e. The first kappa shape index (κ1) is 7.03. The summed E-state index contributed by atoms with van der Waals surface area (Å²) in [7, 11) is 0. The molecule has 0 unspecified atom stereocenters. The van der Waals surface area contributed by atoms with Gasteiger partial charge >= 0.3 is 6.04 Å². The van der Waals surface area contributed by atoms with E-state index < -0.39 is 6.04 Å². The third-order valence-corrected chi connectivity index (χ3v) is 1.74. The quantitative estimate of drug-likeness (QED) is 0.642. The van der Waals surface area contributed by atoms with Gasteiger partial charge in [-0.05, 0) is 12.1 Å². The summed E-state index contributed by atoms with van der Waals surface area (Å²) < 4.78 is 12.2. The second-order valence-electron chi connectivity index (χ2n) is 2.54. The van der Waals surface area contributed by atoms with Crippen LogP contribution in [0.25, 0.3) is 10.9 Å². The van der Waals surface area contributed by atoms with Crippen LogP contribution in [-0.2, 0) is 0 Å². The zero-order valence-electron chi connectivity index (χ0n) is 6.17. The first-order valence-corrected chi connectivity index (χ1v) is 3.55. The molecule has 60 valence electrons. The maximum atomic E-state index is 12.2. The summed E-state index contributed by atoms with van der Waals surface area (Å²) in [6.07, 6.45) is 0. The van der Waals surface area contributed by atoms with E-state index in [9.17, 15) is 9.18 Å². The molecule has 0 aliphatic carbocycles. The molecule has 0 saturated heterocycles. The lowest BCUT2D eigenvalue weighted by Gasteiger charge is -1.83. The highest BCUT2D eigenvalue weighted by atomic mass is 19.1. The van der Waals surface area contributed by atoms with Crippen LogP contribution >= 0.6 is 0 Å². The third kappa shape index (κ3) is 0.993. The average molecular weight is 163 g/mol. The summed E-state index contributed by atoms with van der Waals surface area (Å²) in [6.45, 7) is 0. The smallest absolute Gasteiger partial charge is 0.348 e. The number of fused-ring (bicyclic) bond motifs is 1. The van der Waals surface area contributed by atoms with Crippen molar-refractivity contribution < 1.29 is 9.18 Å². The number of carbonyl (C=O) groups is 1. The lowest BCUT2D eigenvalue weighted by atomic mass is 10.2. The van der Waals surface area contributed by atoms with Crippen molar-refractivity contribution >= 4 is 16.9 Å². The summed E-state index contributed by atoms with van der Waals surface area (Å²) in [6, 6.07) is 7.34. The number of hydrogen-bond donors (Lipinski definition) is 1. The molecular formula is C9H6FNO. The minimum absolute atomic E-state index is 0.0104. The topological polar surface area (TPSA) is 32.9 Å². The van der Waals surface area contributed by atoms with Gasteiger partial charge in [0.2, 0.25) is 0 Å². The minimum atomic E-state index is -1.42. The number of aromatic amines is 1. The predicted octanol–water partition coefficient (Wildman–Crippen LogP) is 2.28. The van der Waals surface area contributed by atoms with E-state index in [4.69, 9.17) is 0 Å². The molecule has 2 nitrogen and oxygen atoms in total. The van der Waals surface area contributed by atoms with Crippen molar-refractivity contribution in [2.24, 2.45) is 0 Å². The summed E-state index contributed by atoms with van der Waals surface area (Å²) in [5.41, 5.74) is 0.787. The number of halogens is 1. The second kappa shape index (κ2) is 2.44.